The van der Waals surface area contributed by atoms with Crippen LogP contribution in [-0.2, 0) is 11.0 Å². The molecule has 0 heterocycles. The fourth-order valence-corrected chi connectivity index (χ4v) is 1.92. The molecule has 25 heavy (non-hydrogen) atoms. The van der Waals surface area contributed by atoms with Crippen molar-refractivity contribution in [1.82, 2.24) is 4.90 Å². The molecule has 0 aliphatic carbocycles. The van der Waals surface area contributed by atoms with Crippen LogP contribution in [-0.4, -0.2) is 42.2 Å². The topological polar surface area (TPSA) is 78.9 Å². The smallest absolute Gasteiger partial charge is 0.416 e. The number of amides is 2. The first kappa shape index (κ1) is 20.6. The van der Waals surface area contributed by atoms with Gasteiger partial charge < -0.3 is 20.1 Å². The van der Waals surface area contributed by atoms with Crippen molar-refractivity contribution < 1.29 is 32.6 Å². The second kappa shape index (κ2) is 8.59. The Hall–Kier alpha value is -2.45. The molecule has 0 bridgehead atoms. The third-order valence-corrected chi connectivity index (χ3v) is 3.33. The van der Waals surface area contributed by atoms with Crippen molar-refractivity contribution in [1.29, 1.82) is 0 Å². The Balaban J connectivity index is 2.99. The van der Waals surface area contributed by atoms with Crippen molar-refractivity contribution in [2.45, 2.75) is 26.4 Å². The molecule has 0 radical (unpaired) electrons. The average Bonchev–Trinajstić information content (AvgIpc) is 2.52. The number of carboxylic acids is 1. The Morgan fingerprint density at radius 1 is 1.36 bits per heavy atom. The number of nitrogens with zero attached hydrogens (tertiary/aromatic N) is 1. The van der Waals surface area contributed by atoms with Gasteiger partial charge in [-0.05, 0) is 24.6 Å². The van der Waals surface area contributed by atoms with Crippen molar-refractivity contribution in [2.24, 2.45) is 5.92 Å². The highest BCUT2D eigenvalue weighted by Crippen LogP contribution is 2.35. The number of aliphatic carboxylic acids is 1. The van der Waals surface area contributed by atoms with E-state index in [2.05, 4.69) is 5.32 Å². The maximum absolute atomic E-state index is 12.9. The van der Waals surface area contributed by atoms with E-state index in [0.717, 1.165) is 23.1 Å². The number of alkyl halides is 3. The van der Waals surface area contributed by atoms with Crippen molar-refractivity contribution in [3.8, 4) is 5.75 Å². The number of hydrogen-bond donors (Lipinski definition) is 2. The summed E-state index contributed by atoms with van der Waals surface area (Å²) in [6, 6.07) is 2.08. The van der Waals surface area contributed by atoms with E-state index in [-0.39, 0.29) is 24.6 Å². The molecule has 0 fully saturated rings. The number of hydrogen-bond acceptors (Lipinski definition) is 3. The molecule has 6 nitrogen and oxygen atoms in total. The van der Waals surface area contributed by atoms with E-state index in [4.69, 9.17) is 9.84 Å². The van der Waals surface area contributed by atoms with Crippen molar-refractivity contribution in [3.63, 3.8) is 0 Å². The average molecular weight is 362 g/mol. The normalized spacial score (nSPS) is 12.4. The third kappa shape index (κ3) is 6.17. The fourth-order valence-electron chi connectivity index (χ4n) is 1.92. The number of carbonyl (C=O) groups is 2. The minimum Gasteiger partial charge on any atom is -0.491 e. The lowest BCUT2D eigenvalue weighted by molar-refractivity contribution is -0.141. The molecule has 2 amide bonds. The molecule has 0 aliphatic rings. The summed E-state index contributed by atoms with van der Waals surface area (Å²) in [7, 11) is 1.36. The van der Waals surface area contributed by atoms with Crippen molar-refractivity contribution in [3.05, 3.63) is 23.8 Å². The van der Waals surface area contributed by atoms with Crippen LogP contribution in [0.3, 0.4) is 0 Å². The maximum Gasteiger partial charge on any atom is 0.416 e. The first-order valence-electron chi connectivity index (χ1n) is 7.65. The van der Waals surface area contributed by atoms with Gasteiger partial charge in [0.15, 0.2) is 0 Å². The van der Waals surface area contributed by atoms with Crippen molar-refractivity contribution in [2.75, 3.05) is 25.5 Å². The number of nitrogens with one attached hydrogen (secondary N) is 1. The standard InChI is InChI=1S/C16H21F3N2O4/c1-4-7-25-13-6-5-11(16(17,18)19)8-12(13)20-15(24)21(3)9-10(2)14(22)23/h5-6,8,10H,4,7,9H2,1-3H3,(H,20,24)(H,22,23). The van der Waals surface area contributed by atoms with Crippen LogP contribution in [0.5, 0.6) is 5.75 Å². The predicted octanol–water partition coefficient (Wildman–Crippen LogP) is 3.68. The second-order valence-corrected chi connectivity index (χ2v) is 5.61. The van der Waals surface area contributed by atoms with E-state index in [1.165, 1.54) is 14.0 Å². The fraction of sp³-hybridized carbons (Fsp3) is 0.500. The van der Waals surface area contributed by atoms with E-state index >= 15 is 0 Å². The molecule has 1 aromatic rings. The first-order valence-corrected chi connectivity index (χ1v) is 7.65. The zero-order valence-electron chi connectivity index (χ0n) is 14.2. The summed E-state index contributed by atoms with van der Waals surface area (Å²) < 4.78 is 44.0. The molecule has 0 saturated carbocycles. The number of ether oxygens (including phenoxy) is 1. The largest absolute Gasteiger partial charge is 0.491 e. The highest BCUT2D eigenvalue weighted by molar-refractivity contribution is 5.91. The van der Waals surface area contributed by atoms with Gasteiger partial charge in [-0.25, -0.2) is 4.79 Å². The first-order chi connectivity index (χ1) is 11.6. The number of halogens is 3. The lowest BCUT2D eigenvalue weighted by atomic mass is 10.1. The summed E-state index contributed by atoms with van der Waals surface area (Å²) in [4.78, 5) is 24.1. The number of carbonyl (C=O) groups excluding carboxylic acids is 1. The van der Waals surface area contributed by atoms with Gasteiger partial charge in [0, 0.05) is 13.6 Å². The van der Waals surface area contributed by atoms with Gasteiger partial charge in [-0.15, -0.1) is 0 Å². The predicted molar refractivity (Wildman–Crippen MR) is 85.7 cm³/mol. The molecule has 0 saturated heterocycles. The molecule has 0 aromatic heterocycles. The number of urea groups is 1. The van der Waals surface area contributed by atoms with Crippen LogP contribution in [0, 0.1) is 5.92 Å². The quantitative estimate of drug-likeness (QED) is 0.776. The lowest BCUT2D eigenvalue weighted by Crippen LogP contribution is -2.36. The van der Waals surface area contributed by atoms with Crippen LogP contribution in [0.4, 0.5) is 23.7 Å². The lowest BCUT2D eigenvalue weighted by Gasteiger charge is -2.21. The molecular formula is C16H21F3N2O4. The van der Waals surface area contributed by atoms with E-state index in [9.17, 15) is 22.8 Å². The number of benzene rings is 1. The molecule has 0 spiro atoms. The molecule has 1 atom stereocenters. The zero-order chi connectivity index (χ0) is 19.2. The summed E-state index contributed by atoms with van der Waals surface area (Å²) >= 11 is 0. The van der Waals surface area contributed by atoms with E-state index < -0.39 is 29.7 Å². The van der Waals surface area contributed by atoms with Gasteiger partial charge in [0.1, 0.15) is 5.75 Å². The summed E-state index contributed by atoms with van der Waals surface area (Å²) in [5, 5.41) is 11.2. The molecule has 1 aromatic carbocycles. The van der Waals surface area contributed by atoms with E-state index in [0.29, 0.717) is 6.42 Å². The maximum atomic E-state index is 12.9. The van der Waals surface area contributed by atoms with Gasteiger partial charge in [0.25, 0.3) is 0 Å². The molecule has 2 N–H and O–H groups in total. The summed E-state index contributed by atoms with van der Waals surface area (Å²) in [5.74, 6) is -1.78. The van der Waals surface area contributed by atoms with Crippen molar-refractivity contribution >= 4 is 17.7 Å². The molecule has 140 valence electrons. The molecule has 0 aliphatic heterocycles. The molecular weight excluding hydrogens is 341 g/mol. The van der Waals surface area contributed by atoms with Crippen LogP contribution in [0.2, 0.25) is 0 Å². The van der Waals surface area contributed by atoms with Gasteiger partial charge in [0.2, 0.25) is 0 Å². The van der Waals surface area contributed by atoms with Gasteiger partial charge in [-0.1, -0.05) is 13.8 Å². The monoisotopic (exact) mass is 362 g/mol. The Labute approximate surface area is 143 Å². The minimum absolute atomic E-state index is 0.0920. The molecule has 1 rings (SSSR count). The third-order valence-electron chi connectivity index (χ3n) is 3.33. The van der Waals surface area contributed by atoms with Gasteiger partial charge >= 0.3 is 18.2 Å². The van der Waals surface area contributed by atoms with Crippen LogP contribution in [0.15, 0.2) is 18.2 Å². The van der Waals surface area contributed by atoms with Crippen LogP contribution < -0.4 is 10.1 Å². The second-order valence-electron chi connectivity index (χ2n) is 5.61. The Morgan fingerprint density at radius 2 is 2.00 bits per heavy atom. The van der Waals surface area contributed by atoms with Gasteiger partial charge in [-0.2, -0.15) is 13.2 Å². The highest BCUT2D eigenvalue weighted by Gasteiger charge is 2.31. The Kier molecular flexibility index (Phi) is 7.08. The number of carboxylic acid groups (broad SMARTS) is 1. The SMILES string of the molecule is CCCOc1ccc(C(F)(F)F)cc1NC(=O)N(C)CC(C)C(=O)O. The number of anilines is 1. The number of rotatable bonds is 7. The van der Waals surface area contributed by atoms with Crippen LogP contribution >= 0.6 is 0 Å². The van der Waals surface area contributed by atoms with Gasteiger partial charge in [0.05, 0.1) is 23.8 Å². The summed E-state index contributed by atoms with van der Waals surface area (Å²) in [6.45, 7) is 3.45. The van der Waals surface area contributed by atoms with Crippen LogP contribution in [0.25, 0.3) is 0 Å². The van der Waals surface area contributed by atoms with Crippen LogP contribution in [0.1, 0.15) is 25.8 Å². The Morgan fingerprint density at radius 3 is 2.52 bits per heavy atom. The molecule has 1 unspecified atom stereocenters. The van der Waals surface area contributed by atoms with E-state index in [1.807, 2.05) is 6.92 Å². The minimum atomic E-state index is -4.56. The highest BCUT2D eigenvalue weighted by atomic mass is 19.4. The van der Waals surface area contributed by atoms with Gasteiger partial charge in [-0.3, -0.25) is 4.79 Å². The molecule has 9 heteroatoms. The summed E-state index contributed by atoms with van der Waals surface area (Å²) in [5.41, 5.74) is -1.05. The summed E-state index contributed by atoms with van der Waals surface area (Å²) in [6.07, 6.45) is -3.92. The Bertz CT molecular complexity index is 620. The zero-order valence-corrected chi connectivity index (χ0v) is 14.2. The van der Waals surface area contributed by atoms with E-state index in [1.54, 1.807) is 0 Å².